The van der Waals surface area contributed by atoms with Crippen molar-refractivity contribution >= 4 is 5.91 Å². The van der Waals surface area contributed by atoms with E-state index in [9.17, 15) is 4.79 Å². The topological polar surface area (TPSA) is 32.3 Å². The smallest absolute Gasteiger partial charge is 0.227 e. The molecule has 0 aromatic heterocycles. The highest BCUT2D eigenvalue weighted by Crippen LogP contribution is 2.46. The van der Waals surface area contributed by atoms with E-state index >= 15 is 0 Å². The molecule has 0 aromatic rings. The summed E-state index contributed by atoms with van der Waals surface area (Å²) in [5, 5.41) is 3.46. The number of hydrogen-bond donors (Lipinski definition) is 1. The molecule has 3 fully saturated rings. The number of likely N-dealkylation sites (tertiary alicyclic amines) is 1. The molecule has 1 N–H and O–H groups in total. The van der Waals surface area contributed by atoms with Gasteiger partial charge < -0.3 is 4.90 Å². The van der Waals surface area contributed by atoms with E-state index in [2.05, 4.69) is 10.2 Å². The molecular formula is C11H18N2O. The number of nitrogens with zero attached hydrogens (tertiary/aromatic N) is 1. The van der Waals surface area contributed by atoms with E-state index in [0.29, 0.717) is 18.0 Å². The summed E-state index contributed by atoms with van der Waals surface area (Å²) in [7, 11) is 0. The van der Waals surface area contributed by atoms with Crippen molar-refractivity contribution in [2.24, 2.45) is 11.8 Å². The number of rotatable bonds is 1. The van der Waals surface area contributed by atoms with Crippen LogP contribution >= 0.6 is 0 Å². The van der Waals surface area contributed by atoms with Gasteiger partial charge in [0.2, 0.25) is 5.91 Å². The van der Waals surface area contributed by atoms with E-state index in [-0.39, 0.29) is 0 Å². The van der Waals surface area contributed by atoms with Crippen molar-refractivity contribution in [1.29, 1.82) is 0 Å². The Hall–Kier alpha value is -0.570. The summed E-state index contributed by atoms with van der Waals surface area (Å²) in [5.41, 5.74) is 0. The molecule has 3 atom stereocenters. The van der Waals surface area contributed by atoms with Crippen molar-refractivity contribution in [3.63, 3.8) is 0 Å². The number of amides is 1. The summed E-state index contributed by atoms with van der Waals surface area (Å²) in [6.07, 6.45) is 6.47. The van der Waals surface area contributed by atoms with E-state index in [1.165, 1.54) is 25.7 Å². The van der Waals surface area contributed by atoms with Crippen LogP contribution in [0, 0.1) is 11.8 Å². The Kier molecular flexibility index (Phi) is 2.01. The van der Waals surface area contributed by atoms with Gasteiger partial charge in [-0.1, -0.05) is 0 Å². The number of fused-ring (bicyclic) bond motifs is 1. The lowest BCUT2D eigenvalue weighted by molar-refractivity contribution is -0.138. The predicted octanol–water partition coefficient (Wildman–Crippen LogP) is 0.954. The Labute approximate surface area is 84.8 Å². The maximum atomic E-state index is 12.0. The van der Waals surface area contributed by atoms with Crippen LogP contribution in [0.3, 0.4) is 0 Å². The molecular weight excluding hydrogens is 176 g/mol. The van der Waals surface area contributed by atoms with Crippen LogP contribution in [0.5, 0.6) is 0 Å². The van der Waals surface area contributed by atoms with Crippen molar-refractivity contribution in [1.82, 2.24) is 10.2 Å². The van der Waals surface area contributed by atoms with Crippen molar-refractivity contribution in [3.8, 4) is 0 Å². The molecule has 78 valence electrons. The minimum Gasteiger partial charge on any atom is -0.327 e. The number of carbonyl (C=O) groups is 1. The quantitative estimate of drug-likeness (QED) is 0.674. The summed E-state index contributed by atoms with van der Waals surface area (Å²) in [6, 6.07) is 0. The lowest BCUT2D eigenvalue weighted by Crippen LogP contribution is -2.53. The predicted molar refractivity (Wildman–Crippen MR) is 53.6 cm³/mol. The van der Waals surface area contributed by atoms with Crippen molar-refractivity contribution in [2.75, 3.05) is 13.1 Å². The Balaban J connectivity index is 1.67. The third kappa shape index (κ3) is 1.34. The molecule has 3 unspecified atom stereocenters. The monoisotopic (exact) mass is 194 g/mol. The van der Waals surface area contributed by atoms with Crippen LogP contribution in [0.25, 0.3) is 0 Å². The van der Waals surface area contributed by atoms with E-state index in [4.69, 9.17) is 0 Å². The first-order chi connectivity index (χ1) is 6.86. The third-order valence-electron chi connectivity index (χ3n) is 3.92. The van der Waals surface area contributed by atoms with Crippen molar-refractivity contribution in [3.05, 3.63) is 0 Å². The second-order valence-electron chi connectivity index (χ2n) is 4.89. The Morgan fingerprint density at radius 1 is 1.29 bits per heavy atom. The van der Waals surface area contributed by atoms with Gasteiger partial charge in [-0.3, -0.25) is 10.1 Å². The highest BCUT2D eigenvalue weighted by atomic mass is 16.2. The van der Waals surface area contributed by atoms with Gasteiger partial charge in [0, 0.05) is 12.5 Å². The Bertz CT molecular complexity index is 248. The standard InChI is InChI=1S/C11H18N2O/c14-11-9-7-8(9)4-6-13(11)10-3-1-2-5-12-10/h8-10,12H,1-7H2. The maximum Gasteiger partial charge on any atom is 0.227 e. The summed E-state index contributed by atoms with van der Waals surface area (Å²) in [6.45, 7) is 2.08. The normalized spacial score (nSPS) is 42.1. The van der Waals surface area contributed by atoms with Crippen LogP contribution in [0.1, 0.15) is 32.1 Å². The van der Waals surface area contributed by atoms with Crippen LogP contribution in [-0.2, 0) is 4.79 Å². The fourth-order valence-corrected chi connectivity index (χ4v) is 2.91. The molecule has 0 radical (unpaired) electrons. The lowest BCUT2D eigenvalue weighted by atomic mass is 10.1. The van der Waals surface area contributed by atoms with Crippen LogP contribution in [0.2, 0.25) is 0 Å². The molecule has 3 heteroatoms. The van der Waals surface area contributed by atoms with E-state index < -0.39 is 0 Å². The average Bonchev–Trinajstić information content (AvgIpc) is 3.00. The molecule has 1 saturated carbocycles. The fraction of sp³-hybridized carbons (Fsp3) is 0.909. The first-order valence-corrected chi connectivity index (χ1v) is 5.90. The molecule has 0 aromatic carbocycles. The molecule has 1 aliphatic carbocycles. The highest BCUT2D eigenvalue weighted by molar-refractivity contribution is 5.82. The second-order valence-corrected chi connectivity index (χ2v) is 4.89. The molecule has 3 rings (SSSR count). The zero-order chi connectivity index (χ0) is 9.54. The zero-order valence-corrected chi connectivity index (χ0v) is 8.54. The summed E-state index contributed by atoms with van der Waals surface area (Å²) in [5.74, 6) is 1.59. The van der Waals surface area contributed by atoms with Gasteiger partial charge >= 0.3 is 0 Å². The molecule has 2 saturated heterocycles. The van der Waals surface area contributed by atoms with Gasteiger partial charge in [-0.25, -0.2) is 0 Å². The van der Waals surface area contributed by atoms with Gasteiger partial charge in [-0.2, -0.15) is 0 Å². The van der Waals surface area contributed by atoms with Gasteiger partial charge in [-0.05, 0) is 44.6 Å². The minimum atomic E-state index is 0.359. The number of carbonyl (C=O) groups excluding carboxylic acids is 1. The summed E-state index contributed by atoms with van der Waals surface area (Å²) in [4.78, 5) is 14.1. The lowest BCUT2D eigenvalue weighted by Gasteiger charge is -2.37. The van der Waals surface area contributed by atoms with Gasteiger partial charge in [0.25, 0.3) is 0 Å². The van der Waals surface area contributed by atoms with E-state index in [1.54, 1.807) is 0 Å². The minimum absolute atomic E-state index is 0.359. The van der Waals surface area contributed by atoms with Gasteiger partial charge in [0.1, 0.15) is 0 Å². The first-order valence-electron chi connectivity index (χ1n) is 5.90. The SMILES string of the molecule is O=C1C2CC2CCN1C1CCCCN1. The molecule has 3 aliphatic rings. The van der Waals surface area contributed by atoms with Gasteiger partial charge in [0.15, 0.2) is 0 Å². The third-order valence-corrected chi connectivity index (χ3v) is 3.92. The first kappa shape index (κ1) is 8.72. The molecule has 2 aliphatic heterocycles. The highest BCUT2D eigenvalue weighted by Gasteiger charge is 2.49. The van der Waals surface area contributed by atoms with Crippen molar-refractivity contribution in [2.45, 2.75) is 38.3 Å². The Morgan fingerprint density at radius 3 is 3.00 bits per heavy atom. The fourth-order valence-electron chi connectivity index (χ4n) is 2.91. The number of nitrogens with one attached hydrogen (secondary N) is 1. The van der Waals surface area contributed by atoms with Gasteiger partial charge in [-0.15, -0.1) is 0 Å². The van der Waals surface area contributed by atoms with Crippen LogP contribution in [0.4, 0.5) is 0 Å². The molecule has 3 nitrogen and oxygen atoms in total. The van der Waals surface area contributed by atoms with Crippen LogP contribution in [-0.4, -0.2) is 30.1 Å². The second kappa shape index (κ2) is 3.23. The maximum absolute atomic E-state index is 12.0. The van der Waals surface area contributed by atoms with Crippen LogP contribution in [0.15, 0.2) is 0 Å². The number of piperidine rings is 2. The molecule has 0 spiro atoms. The molecule has 2 heterocycles. The van der Waals surface area contributed by atoms with Crippen molar-refractivity contribution < 1.29 is 4.79 Å². The molecule has 0 bridgehead atoms. The molecule has 14 heavy (non-hydrogen) atoms. The van der Waals surface area contributed by atoms with Gasteiger partial charge in [0.05, 0.1) is 6.17 Å². The Morgan fingerprint density at radius 2 is 2.21 bits per heavy atom. The average molecular weight is 194 g/mol. The van der Waals surface area contributed by atoms with E-state index in [0.717, 1.165) is 25.4 Å². The zero-order valence-electron chi connectivity index (χ0n) is 8.54. The summed E-state index contributed by atoms with van der Waals surface area (Å²) >= 11 is 0. The van der Waals surface area contributed by atoms with Crippen LogP contribution < -0.4 is 5.32 Å². The summed E-state index contributed by atoms with van der Waals surface area (Å²) < 4.78 is 0. The number of hydrogen-bond acceptors (Lipinski definition) is 2. The van der Waals surface area contributed by atoms with E-state index in [1.807, 2.05) is 0 Å². The largest absolute Gasteiger partial charge is 0.327 e. The molecule has 1 amide bonds.